The first-order chi connectivity index (χ1) is 15.5. The highest BCUT2D eigenvalue weighted by atomic mass is 16.5. The zero-order valence-electron chi connectivity index (χ0n) is 18.7. The third-order valence-corrected chi connectivity index (χ3v) is 5.61. The van der Waals surface area contributed by atoms with Crippen LogP contribution in [0.1, 0.15) is 35.7 Å². The summed E-state index contributed by atoms with van der Waals surface area (Å²) < 4.78 is 10.9. The number of methoxy groups -OCH3 is 1. The van der Waals surface area contributed by atoms with Crippen LogP contribution in [0.15, 0.2) is 48.5 Å². The molecule has 2 aromatic rings. The van der Waals surface area contributed by atoms with Gasteiger partial charge in [0, 0.05) is 38.2 Å². The highest BCUT2D eigenvalue weighted by Crippen LogP contribution is 2.28. The molecule has 0 bridgehead atoms. The van der Waals surface area contributed by atoms with Crippen molar-refractivity contribution in [2.75, 3.05) is 39.9 Å². The molecule has 1 aliphatic rings. The number of rotatable bonds is 9. The van der Waals surface area contributed by atoms with E-state index in [1.807, 2.05) is 23.1 Å². The first kappa shape index (κ1) is 23.3. The molecule has 32 heavy (non-hydrogen) atoms. The topological polar surface area (TPSA) is 76.2 Å². The fourth-order valence-corrected chi connectivity index (χ4v) is 3.69. The average molecular weight is 439 g/mol. The molecule has 1 aliphatic heterocycles. The SMILES string of the molecule is COc1cc(C(C)=O)ccc1OCC(=O)N1CCN(C(=O)CCCc2ccccc2)CC1. The normalized spacial score (nSPS) is 13.6. The number of Topliss-reactive ketones (excluding diaryl/α,β-unsaturated/α-hetero) is 1. The third kappa shape index (κ3) is 6.33. The van der Waals surface area contributed by atoms with Crippen LogP contribution in [0.5, 0.6) is 11.5 Å². The smallest absolute Gasteiger partial charge is 0.260 e. The molecule has 170 valence electrons. The molecule has 0 spiro atoms. The molecular weight excluding hydrogens is 408 g/mol. The third-order valence-electron chi connectivity index (χ3n) is 5.61. The number of hydrogen-bond acceptors (Lipinski definition) is 5. The van der Waals surface area contributed by atoms with Gasteiger partial charge in [-0.2, -0.15) is 0 Å². The Morgan fingerprint density at radius 3 is 2.16 bits per heavy atom. The van der Waals surface area contributed by atoms with E-state index in [9.17, 15) is 14.4 Å². The van der Waals surface area contributed by atoms with Gasteiger partial charge in [-0.1, -0.05) is 30.3 Å². The fraction of sp³-hybridized carbons (Fsp3) is 0.400. The van der Waals surface area contributed by atoms with Gasteiger partial charge >= 0.3 is 0 Å². The van der Waals surface area contributed by atoms with Crippen LogP contribution in [0.3, 0.4) is 0 Å². The van der Waals surface area contributed by atoms with E-state index < -0.39 is 0 Å². The molecule has 3 rings (SSSR count). The van der Waals surface area contributed by atoms with Gasteiger partial charge in [0.05, 0.1) is 7.11 Å². The van der Waals surface area contributed by atoms with Crippen molar-refractivity contribution in [1.82, 2.24) is 9.80 Å². The van der Waals surface area contributed by atoms with Crippen molar-refractivity contribution in [3.8, 4) is 11.5 Å². The number of piperazine rings is 1. The van der Waals surface area contributed by atoms with Crippen LogP contribution in [0.25, 0.3) is 0 Å². The van der Waals surface area contributed by atoms with E-state index in [-0.39, 0.29) is 24.2 Å². The number of aryl methyl sites for hydroxylation is 1. The Bertz CT molecular complexity index is 937. The Kier molecular flexibility index (Phi) is 8.25. The number of carbonyl (C=O) groups is 3. The van der Waals surface area contributed by atoms with Gasteiger partial charge in [0.15, 0.2) is 23.9 Å². The van der Waals surface area contributed by atoms with Gasteiger partial charge < -0.3 is 19.3 Å². The Hall–Kier alpha value is -3.35. The maximum atomic E-state index is 12.6. The van der Waals surface area contributed by atoms with Crippen molar-refractivity contribution >= 4 is 17.6 Å². The number of nitrogens with zero attached hydrogens (tertiary/aromatic N) is 2. The zero-order chi connectivity index (χ0) is 22.9. The van der Waals surface area contributed by atoms with Gasteiger partial charge in [-0.05, 0) is 43.5 Å². The lowest BCUT2D eigenvalue weighted by Crippen LogP contribution is -2.51. The quantitative estimate of drug-likeness (QED) is 0.563. The van der Waals surface area contributed by atoms with E-state index in [0.717, 1.165) is 12.8 Å². The van der Waals surface area contributed by atoms with Crippen molar-refractivity contribution in [3.63, 3.8) is 0 Å². The summed E-state index contributed by atoms with van der Waals surface area (Å²) in [5.74, 6) is 0.756. The van der Waals surface area contributed by atoms with Crippen LogP contribution < -0.4 is 9.47 Å². The molecule has 0 atom stereocenters. The molecule has 7 nitrogen and oxygen atoms in total. The monoisotopic (exact) mass is 438 g/mol. The van der Waals surface area contributed by atoms with Crippen LogP contribution in [-0.2, 0) is 16.0 Å². The summed E-state index contributed by atoms with van der Waals surface area (Å²) >= 11 is 0. The summed E-state index contributed by atoms with van der Waals surface area (Å²) in [5.41, 5.74) is 1.76. The Morgan fingerprint density at radius 2 is 1.53 bits per heavy atom. The first-order valence-electron chi connectivity index (χ1n) is 10.9. The first-order valence-corrected chi connectivity index (χ1v) is 10.9. The highest BCUT2D eigenvalue weighted by Gasteiger charge is 2.24. The Balaban J connectivity index is 1.41. The van der Waals surface area contributed by atoms with Crippen molar-refractivity contribution in [3.05, 3.63) is 59.7 Å². The van der Waals surface area contributed by atoms with E-state index in [4.69, 9.17) is 9.47 Å². The zero-order valence-corrected chi connectivity index (χ0v) is 18.7. The predicted octanol–water partition coefficient (Wildman–Crippen LogP) is 2.97. The van der Waals surface area contributed by atoms with E-state index in [1.165, 1.54) is 19.6 Å². The second-order valence-corrected chi connectivity index (χ2v) is 7.81. The number of ether oxygens (including phenoxy) is 2. The minimum atomic E-state index is -0.140. The molecule has 7 heteroatoms. The lowest BCUT2D eigenvalue weighted by atomic mass is 10.1. The van der Waals surface area contributed by atoms with E-state index in [1.54, 1.807) is 23.1 Å². The summed E-state index contributed by atoms with van der Waals surface area (Å²) in [6, 6.07) is 15.0. The average Bonchev–Trinajstić information content (AvgIpc) is 2.83. The van der Waals surface area contributed by atoms with Gasteiger partial charge in [0.1, 0.15) is 0 Å². The van der Waals surface area contributed by atoms with E-state index in [2.05, 4.69) is 12.1 Å². The summed E-state index contributed by atoms with van der Waals surface area (Å²) in [5, 5.41) is 0. The Labute approximate surface area is 188 Å². The molecule has 0 unspecified atom stereocenters. The van der Waals surface area contributed by atoms with Crippen LogP contribution in [0, 0.1) is 0 Å². The van der Waals surface area contributed by atoms with Crippen molar-refractivity contribution in [2.24, 2.45) is 0 Å². The summed E-state index contributed by atoms with van der Waals surface area (Å²) in [7, 11) is 1.49. The number of benzene rings is 2. The number of hydrogen-bond donors (Lipinski definition) is 0. The second-order valence-electron chi connectivity index (χ2n) is 7.81. The van der Waals surface area contributed by atoms with Crippen molar-refractivity contribution in [2.45, 2.75) is 26.2 Å². The largest absolute Gasteiger partial charge is 0.493 e. The van der Waals surface area contributed by atoms with Crippen molar-refractivity contribution < 1.29 is 23.9 Å². The number of amides is 2. The van der Waals surface area contributed by atoms with Crippen LogP contribution in [0.4, 0.5) is 0 Å². The lowest BCUT2D eigenvalue weighted by Gasteiger charge is -2.34. The van der Waals surface area contributed by atoms with E-state index in [0.29, 0.717) is 49.7 Å². The Morgan fingerprint density at radius 1 is 0.875 bits per heavy atom. The van der Waals surface area contributed by atoms with E-state index >= 15 is 0 Å². The van der Waals surface area contributed by atoms with Gasteiger partial charge in [-0.15, -0.1) is 0 Å². The summed E-state index contributed by atoms with van der Waals surface area (Å²) in [6.07, 6.45) is 2.22. The molecule has 2 amide bonds. The molecule has 0 N–H and O–H groups in total. The van der Waals surface area contributed by atoms with Crippen LogP contribution >= 0.6 is 0 Å². The van der Waals surface area contributed by atoms with Gasteiger partial charge in [0.25, 0.3) is 5.91 Å². The molecule has 1 saturated heterocycles. The second kappa shape index (κ2) is 11.3. The number of ketones is 1. The fourth-order valence-electron chi connectivity index (χ4n) is 3.69. The van der Waals surface area contributed by atoms with Gasteiger partial charge in [0.2, 0.25) is 5.91 Å². The minimum Gasteiger partial charge on any atom is -0.493 e. The lowest BCUT2D eigenvalue weighted by molar-refractivity contribution is -0.140. The molecule has 0 aliphatic carbocycles. The predicted molar refractivity (Wildman–Crippen MR) is 121 cm³/mol. The van der Waals surface area contributed by atoms with Crippen LogP contribution in [0.2, 0.25) is 0 Å². The van der Waals surface area contributed by atoms with Gasteiger partial charge in [-0.25, -0.2) is 0 Å². The van der Waals surface area contributed by atoms with Crippen LogP contribution in [-0.4, -0.2) is 67.3 Å². The molecule has 0 aromatic heterocycles. The molecule has 0 radical (unpaired) electrons. The molecule has 2 aromatic carbocycles. The summed E-state index contributed by atoms with van der Waals surface area (Å²) in [6.45, 7) is 3.41. The highest BCUT2D eigenvalue weighted by molar-refractivity contribution is 5.94. The molecular formula is C25H30N2O5. The molecule has 0 saturated carbocycles. The summed E-state index contributed by atoms with van der Waals surface area (Å²) in [4.78, 5) is 40.1. The van der Waals surface area contributed by atoms with Gasteiger partial charge in [-0.3, -0.25) is 14.4 Å². The molecule has 1 fully saturated rings. The molecule has 1 heterocycles. The standard InChI is InChI=1S/C25H30N2O5/c1-19(28)21-11-12-22(23(17-21)31-2)32-18-25(30)27-15-13-26(14-16-27)24(29)10-6-9-20-7-4-3-5-8-20/h3-5,7-8,11-12,17H,6,9-10,13-16,18H2,1-2H3. The maximum absolute atomic E-state index is 12.6. The minimum absolute atomic E-state index is 0.0709. The maximum Gasteiger partial charge on any atom is 0.260 e. The van der Waals surface area contributed by atoms with Crippen molar-refractivity contribution in [1.29, 1.82) is 0 Å². The number of carbonyl (C=O) groups excluding carboxylic acids is 3.